The van der Waals surface area contributed by atoms with Crippen LogP contribution in [0.3, 0.4) is 0 Å². The number of hydrogen-bond acceptors (Lipinski definition) is 6. The van der Waals surface area contributed by atoms with Crippen molar-refractivity contribution in [2.24, 2.45) is 5.92 Å². The van der Waals surface area contributed by atoms with Gasteiger partial charge in [0.1, 0.15) is 5.52 Å². The Bertz CT molecular complexity index is 708. The van der Waals surface area contributed by atoms with Crippen LogP contribution in [0.4, 0.5) is 11.7 Å². The largest absolute Gasteiger partial charge is 0.424 e. The molecular weight excluding hydrogens is 266 g/mol. The molecule has 0 amide bonds. The highest BCUT2D eigenvalue weighted by Gasteiger charge is 2.27. The van der Waals surface area contributed by atoms with Crippen molar-refractivity contribution in [2.45, 2.75) is 6.42 Å². The lowest BCUT2D eigenvalue weighted by Gasteiger charge is -2.06. The molecule has 19 heavy (non-hydrogen) atoms. The van der Waals surface area contributed by atoms with Crippen molar-refractivity contribution in [1.29, 1.82) is 0 Å². The summed E-state index contributed by atoms with van der Waals surface area (Å²) in [6.45, 7) is 0.557. The topological polar surface area (TPSA) is 98.2 Å². The van der Waals surface area contributed by atoms with Gasteiger partial charge in [0.25, 0.3) is 6.01 Å². The van der Waals surface area contributed by atoms with Crippen molar-refractivity contribution in [1.82, 2.24) is 4.98 Å². The molecule has 1 fully saturated rings. The van der Waals surface area contributed by atoms with Gasteiger partial charge in [-0.3, -0.25) is 0 Å². The quantitative estimate of drug-likeness (QED) is 0.822. The molecular formula is C12H15N3O3S. The molecule has 1 atom stereocenters. The van der Waals surface area contributed by atoms with E-state index in [4.69, 9.17) is 10.2 Å². The molecule has 1 aromatic heterocycles. The summed E-state index contributed by atoms with van der Waals surface area (Å²) in [7, 11) is -2.84. The van der Waals surface area contributed by atoms with Crippen molar-refractivity contribution >= 4 is 32.6 Å². The molecule has 1 aliphatic rings. The second-order valence-corrected chi connectivity index (χ2v) is 7.12. The van der Waals surface area contributed by atoms with E-state index in [-0.39, 0.29) is 17.4 Å². The fraction of sp³-hybridized carbons (Fsp3) is 0.417. The van der Waals surface area contributed by atoms with Crippen LogP contribution in [0.25, 0.3) is 11.1 Å². The first kappa shape index (κ1) is 12.3. The molecule has 1 saturated heterocycles. The summed E-state index contributed by atoms with van der Waals surface area (Å²) in [5.74, 6) is 0.654. The number of hydrogen-bond donors (Lipinski definition) is 2. The second kappa shape index (κ2) is 4.41. The molecule has 0 spiro atoms. The normalized spacial score (nSPS) is 21.8. The molecule has 1 aromatic carbocycles. The molecule has 0 radical (unpaired) electrons. The summed E-state index contributed by atoms with van der Waals surface area (Å²) in [6, 6.07) is 5.67. The predicted molar refractivity (Wildman–Crippen MR) is 73.7 cm³/mol. The number of aromatic nitrogens is 1. The first-order chi connectivity index (χ1) is 9.02. The first-order valence-electron chi connectivity index (χ1n) is 6.12. The zero-order valence-corrected chi connectivity index (χ0v) is 11.1. The van der Waals surface area contributed by atoms with Gasteiger partial charge in [-0.25, -0.2) is 8.42 Å². The Labute approximate surface area is 110 Å². The van der Waals surface area contributed by atoms with Gasteiger partial charge < -0.3 is 15.5 Å². The minimum absolute atomic E-state index is 0.130. The third-order valence-electron chi connectivity index (χ3n) is 3.28. The number of benzene rings is 1. The zero-order valence-electron chi connectivity index (χ0n) is 10.3. The third-order valence-corrected chi connectivity index (χ3v) is 5.12. The number of nitrogen functional groups attached to an aromatic ring is 1. The number of nitrogens with one attached hydrogen (secondary N) is 1. The molecule has 0 bridgehead atoms. The highest BCUT2D eigenvalue weighted by molar-refractivity contribution is 7.91. The SMILES string of the molecule is Nc1ccc2oc(NCC3CCS(=O)(=O)C3)nc2c1. The van der Waals surface area contributed by atoms with Crippen LogP contribution in [0.5, 0.6) is 0 Å². The molecule has 1 aliphatic heterocycles. The van der Waals surface area contributed by atoms with E-state index in [1.54, 1.807) is 18.2 Å². The van der Waals surface area contributed by atoms with Crippen LogP contribution in [0.1, 0.15) is 6.42 Å². The average Bonchev–Trinajstić information content (AvgIpc) is 2.89. The van der Waals surface area contributed by atoms with Crippen LogP contribution in [0.2, 0.25) is 0 Å². The van der Waals surface area contributed by atoms with Gasteiger partial charge >= 0.3 is 0 Å². The van der Waals surface area contributed by atoms with Gasteiger partial charge in [0.15, 0.2) is 15.4 Å². The summed E-state index contributed by atoms with van der Waals surface area (Å²) >= 11 is 0. The highest BCUT2D eigenvalue weighted by Crippen LogP contribution is 2.23. The monoisotopic (exact) mass is 281 g/mol. The maximum Gasteiger partial charge on any atom is 0.295 e. The molecule has 102 valence electrons. The van der Waals surface area contributed by atoms with E-state index in [1.165, 1.54) is 0 Å². The minimum atomic E-state index is -2.84. The van der Waals surface area contributed by atoms with Gasteiger partial charge in [-0.2, -0.15) is 4.98 Å². The number of fused-ring (bicyclic) bond motifs is 1. The van der Waals surface area contributed by atoms with Crippen molar-refractivity contribution < 1.29 is 12.8 Å². The molecule has 7 heteroatoms. The summed E-state index contributed by atoms with van der Waals surface area (Å²) in [5.41, 5.74) is 7.66. The lowest BCUT2D eigenvalue weighted by Crippen LogP contribution is -2.15. The first-order valence-corrected chi connectivity index (χ1v) is 7.94. The standard InChI is InChI=1S/C12H15N3O3S/c13-9-1-2-11-10(5-9)15-12(18-11)14-6-8-3-4-19(16,17)7-8/h1-2,5,8H,3-4,6-7,13H2,(H,14,15). The van der Waals surface area contributed by atoms with E-state index in [0.29, 0.717) is 35.8 Å². The van der Waals surface area contributed by atoms with Crippen LogP contribution in [0.15, 0.2) is 22.6 Å². The maximum atomic E-state index is 11.3. The Balaban J connectivity index is 1.69. The van der Waals surface area contributed by atoms with Crippen molar-refractivity contribution in [3.05, 3.63) is 18.2 Å². The lowest BCUT2D eigenvalue weighted by atomic mass is 10.1. The number of anilines is 2. The smallest absolute Gasteiger partial charge is 0.295 e. The van der Waals surface area contributed by atoms with Crippen molar-refractivity contribution in [3.8, 4) is 0 Å². The van der Waals surface area contributed by atoms with E-state index in [2.05, 4.69) is 10.3 Å². The van der Waals surface area contributed by atoms with E-state index in [9.17, 15) is 8.42 Å². The minimum Gasteiger partial charge on any atom is -0.424 e. The van der Waals surface area contributed by atoms with Gasteiger partial charge in [0.2, 0.25) is 0 Å². The van der Waals surface area contributed by atoms with E-state index >= 15 is 0 Å². The van der Waals surface area contributed by atoms with Crippen LogP contribution >= 0.6 is 0 Å². The molecule has 6 nitrogen and oxygen atoms in total. The van der Waals surface area contributed by atoms with Gasteiger partial charge in [0.05, 0.1) is 11.5 Å². The number of nitrogens with two attached hydrogens (primary N) is 1. The predicted octanol–water partition coefficient (Wildman–Crippen LogP) is 1.26. The molecule has 0 aliphatic carbocycles. The van der Waals surface area contributed by atoms with E-state index in [0.717, 1.165) is 0 Å². The maximum absolute atomic E-state index is 11.3. The fourth-order valence-corrected chi connectivity index (χ4v) is 4.15. The van der Waals surface area contributed by atoms with Gasteiger partial charge in [0, 0.05) is 12.2 Å². The summed E-state index contributed by atoms with van der Waals surface area (Å²) < 4.78 is 28.2. The molecule has 2 aromatic rings. The molecule has 2 heterocycles. The summed E-state index contributed by atoms with van der Waals surface area (Å²) in [4.78, 5) is 4.26. The highest BCUT2D eigenvalue weighted by atomic mass is 32.2. The summed E-state index contributed by atoms with van der Waals surface area (Å²) in [6.07, 6.45) is 0.697. The fourth-order valence-electron chi connectivity index (χ4n) is 2.28. The van der Waals surface area contributed by atoms with E-state index < -0.39 is 9.84 Å². The number of rotatable bonds is 3. The molecule has 1 unspecified atom stereocenters. The Kier molecular flexibility index (Phi) is 2.85. The van der Waals surface area contributed by atoms with Crippen molar-refractivity contribution in [3.63, 3.8) is 0 Å². The van der Waals surface area contributed by atoms with Crippen LogP contribution < -0.4 is 11.1 Å². The average molecular weight is 281 g/mol. The Hall–Kier alpha value is -1.76. The van der Waals surface area contributed by atoms with Crippen LogP contribution in [0, 0.1) is 5.92 Å². The van der Waals surface area contributed by atoms with Crippen LogP contribution in [-0.4, -0.2) is 31.5 Å². The second-order valence-electron chi connectivity index (χ2n) is 4.90. The van der Waals surface area contributed by atoms with Crippen molar-refractivity contribution in [2.75, 3.05) is 29.1 Å². The Morgan fingerprint density at radius 1 is 1.47 bits per heavy atom. The van der Waals surface area contributed by atoms with Gasteiger partial charge in [-0.1, -0.05) is 0 Å². The van der Waals surface area contributed by atoms with Gasteiger partial charge in [-0.15, -0.1) is 0 Å². The molecule has 3 rings (SSSR count). The third kappa shape index (κ3) is 2.65. The number of oxazole rings is 1. The van der Waals surface area contributed by atoms with E-state index in [1.807, 2.05) is 0 Å². The van der Waals surface area contributed by atoms with Crippen LogP contribution in [-0.2, 0) is 9.84 Å². The molecule has 3 N–H and O–H groups in total. The van der Waals surface area contributed by atoms with Gasteiger partial charge in [-0.05, 0) is 30.5 Å². The zero-order chi connectivity index (χ0) is 13.5. The number of sulfone groups is 1. The number of nitrogens with zero attached hydrogens (tertiary/aromatic N) is 1. The lowest BCUT2D eigenvalue weighted by molar-refractivity contribution is 0.576. The Morgan fingerprint density at radius 3 is 3.05 bits per heavy atom. The molecule has 0 saturated carbocycles. The summed E-state index contributed by atoms with van der Waals surface area (Å²) in [5, 5.41) is 3.05. The Morgan fingerprint density at radius 2 is 2.32 bits per heavy atom.